The number of phosphoric ester groups is 1. The second-order valence-corrected chi connectivity index (χ2v) is 15.3. The highest BCUT2D eigenvalue weighted by Gasteiger charge is 2.20. The molecule has 0 radical (unpaired) electrons. The number of carbonyl (C=O) groups excluding carboxylic acids is 1. The van der Waals surface area contributed by atoms with E-state index in [9.17, 15) is 14.3 Å². The summed E-state index contributed by atoms with van der Waals surface area (Å²) in [5.41, 5.74) is 0. The molecule has 2 unspecified atom stereocenters. The summed E-state index contributed by atoms with van der Waals surface area (Å²) in [4.78, 5) is 24.9. The maximum atomic E-state index is 12.6. The first-order valence-corrected chi connectivity index (χ1v) is 20.7. The molecule has 0 spiro atoms. The van der Waals surface area contributed by atoms with Crippen molar-refractivity contribution in [1.82, 2.24) is 0 Å². The Hall–Kier alpha value is -1.28. The van der Waals surface area contributed by atoms with Gasteiger partial charge in [0.15, 0.2) is 0 Å². The van der Waals surface area contributed by atoms with E-state index in [2.05, 4.69) is 50.3 Å². The van der Waals surface area contributed by atoms with Crippen LogP contribution in [0.1, 0.15) is 149 Å². The summed E-state index contributed by atoms with van der Waals surface area (Å²) in [7, 11) is 1.34. The van der Waals surface area contributed by atoms with Gasteiger partial charge in [0.2, 0.25) is 0 Å². The van der Waals surface area contributed by atoms with E-state index < -0.39 is 13.9 Å². The summed E-state index contributed by atoms with van der Waals surface area (Å²) in [5, 5.41) is 0. The zero-order valence-electron chi connectivity index (χ0n) is 31.7. The van der Waals surface area contributed by atoms with Crippen LogP contribution >= 0.6 is 7.82 Å². The van der Waals surface area contributed by atoms with Crippen LogP contribution in [0.4, 0.5) is 0 Å². The molecular formula is C39H74NO7P. The van der Waals surface area contributed by atoms with Crippen LogP contribution in [0, 0.1) is 0 Å². The van der Waals surface area contributed by atoms with E-state index in [1.165, 1.54) is 70.6 Å². The van der Waals surface area contributed by atoms with E-state index in [0.29, 0.717) is 24.1 Å². The fraction of sp³-hybridized carbons (Fsp3) is 0.821. The Balaban J connectivity index is 4.34. The van der Waals surface area contributed by atoms with Gasteiger partial charge < -0.3 is 27.9 Å². The predicted octanol–water partition coefficient (Wildman–Crippen LogP) is 10.0. The number of phosphoric acid groups is 1. The van der Waals surface area contributed by atoms with Gasteiger partial charge in [-0.15, -0.1) is 0 Å². The first-order chi connectivity index (χ1) is 23.1. The van der Waals surface area contributed by atoms with Crippen LogP contribution in [-0.2, 0) is 27.9 Å². The summed E-state index contributed by atoms with van der Waals surface area (Å²) in [6.07, 6.45) is 35.7. The molecular weight excluding hydrogens is 625 g/mol. The van der Waals surface area contributed by atoms with Crippen LogP contribution in [0.15, 0.2) is 36.5 Å². The lowest BCUT2D eigenvalue weighted by Crippen LogP contribution is -2.37. The molecule has 0 N–H and O–H groups in total. The number of ether oxygens (including phenoxy) is 2. The number of quaternary nitrogens is 1. The Morgan fingerprint density at radius 2 is 1.15 bits per heavy atom. The monoisotopic (exact) mass is 700 g/mol. The molecule has 0 aromatic heterocycles. The number of hydrogen-bond acceptors (Lipinski definition) is 7. The second kappa shape index (κ2) is 32.9. The first-order valence-electron chi connectivity index (χ1n) is 19.2. The van der Waals surface area contributed by atoms with Crippen molar-refractivity contribution < 1.29 is 37.3 Å². The topological polar surface area (TPSA) is 94.1 Å². The van der Waals surface area contributed by atoms with Crippen molar-refractivity contribution in [3.63, 3.8) is 0 Å². The molecule has 0 aliphatic carbocycles. The highest BCUT2D eigenvalue weighted by molar-refractivity contribution is 7.45. The van der Waals surface area contributed by atoms with E-state index in [1.54, 1.807) is 0 Å². The maximum Gasteiger partial charge on any atom is 0.306 e. The Morgan fingerprint density at radius 1 is 0.646 bits per heavy atom. The van der Waals surface area contributed by atoms with Gasteiger partial charge in [-0.1, -0.05) is 121 Å². The minimum atomic E-state index is -4.52. The zero-order chi connectivity index (χ0) is 35.6. The van der Waals surface area contributed by atoms with Crippen molar-refractivity contribution in [1.29, 1.82) is 0 Å². The molecule has 282 valence electrons. The fourth-order valence-corrected chi connectivity index (χ4v) is 5.56. The van der Waals surface area contributed by atoms with Crippen molar-refractivity contribution in [2.45, 2.75) is 155 Å². The van der Waals surface area contributed by atoms with Gasteiger partial charge in [-0.2, -0.15) is 0 Å². The average molecular weight is 700 g/mol. The van der Waals surface area contributed by atoms with E-state index in [4.69, 9.17) is 18.5 Å². The van der Waals surface area contributed by atoms with Gasteiger partial charge in [0.1, 0.15) is 19.3 Å². The van der Waals surface area contributed by atoms with Crippen molar-refractivity contribution in [2.24, 2.45) is 0 Å². The van der Waals surface area contributed by atoms with Gasteiger partial charge in [0.25, 0.3) is 7.82 Å². The van der Waals surface area contributed by atoms with Crippen LogP contribution in [0.25, 0.3) is 0 Å². The molecule has 0 rings (SSSR count). The van der Waals surface area contributed by atoms with E-state index in [-0.39, 0.29) is 25.8 Å². The molecule has 0 aliphatic heterocycles. The molecule has 0 saturated heterocycles. The van der Waals surface area contributed by atoms with Crippen LogP contribution in [-0.4, -0.2) is 70.7 Å². The van der Waals surface area contributed by atoms with E-state index in [0.717, 1.165) is 57.8 Å². The number of esters is 1. The summed E-state index contributed by atoms with van der Waals surface area (Å²) >= 11 is 0. The Bertz CT molecular complexity index is 869. The third kappa shape index (κ3) is 36.0. The molecule has 0 aliphatic rings. The Labute approximate surface area is 295 Å². The quantitative estimate of drug-likeness (QED) is 0.0214. The number of allylic oxidation sites excluding steroid dienone is 6. The van der Waals surface area contributed by atoms with Crippen molar-refractivity contribution in [2.75, 3.05) is 54.1 Å². The molecule has 8 nitrogen and oxygen atoms in total. The Kier molecular flexibility index (Phi) is 32.0. The van der Waals surface area contributed by atoms with Crippen LogP contribution in [0.5, 0.6) is 0 Å². The van der Waals surface area contributed by atoms with Gasteiger partial charge in [0, 0.05) is 13.0 Å². The lowest BCUT2D eigenvalue weighted by atomic mass is 10.1. The summed E-state index contributed by atoms with van der Waals surface area (Å²) in [6, 6.07) is 0. The number of likely N-dealkylation sites (N-methyl/N-ethyl adjacent to an activating group) is 1. The standard InChI is InChI=1S/C39H74NO7P/c1-6-8-10-12-14-16-18-20-21-22-24-26-28-30-32-39(41)47-38(37-46-48(42,43)45-35-33-40(3,4)5)36-44-34-31-29-27-25-23-19-17-15-13-11-9-7-2/h12-15,18,20,38H,6-11,16-17,19,21-37H2,1-5H3/b14-12-,15-13-,20-18-. The molecule has 0 saturated carbocycles. The van der Waals surface area contributed by atoms with Crippen LogP contribution in [0.2, 0.25) is 0 Å². The molecule has 0 aromatic rings. The van der Waals surface area contributed by atoms with E-state index >= 15 is 0 Å². The normalized spacial score (nSPS) is 14.4. The molecule has 48 heavy (non-hydrogen) atoms. The van der Waals surface area contributed by atoms with Gasteiger partial charge in [-0.05, 0) is 57.8 Å². The third-order valence-electron chi connectivity index (χ3n) is 7.91. The molecule has 9 heteroatoms. The van der Waals surface area contributed by atoms with Crippen molar-refractivity contribution in [3.8, 4) is 0 Å². The Morgan fingerprint density at radius 3 is 1.71 bits per heavy atom. The molecule has 2 atom stereocenters. The molecule has 0 bridgehead atoms. The van der Waals surface area contributed by atoms with Crippen LogP contribution < -0.4 is 4.89 Å². The predicted molar refractivity (Wildman–Crippen MR) is 199 cm³/mol. The van der Waals surface area contributed by atoms with Gasteiger partial charge in [-0.3, -0.25) is 9.36 Å². The zero-order valence-corrected chi connectivity index (χ0v) is 32.6. The first kappa shape index (κ1) is 46.7. The third-order valence-corrected chi connectivity index (χ3v) is 8.88. The smallest absolute Gasteiger partial charge is 0.306 e. The number of rotatable bonds is 35. The SMILES string of the molecule is CCCC/C=C\C/C=C\CCCCCCCC(=O)OC(COCCCCCCCC/C=C\CCCC)COP(=O)([O-])OCC[N+](C)(C)C. The van der Waals surface area contributed by atoms with Gasteiger partial charge >= 0.3 is 5.97 Å². The number of unbranched alkanes of at least 4 members (excludes halogenated alkanes) is 15. The molecule has 0 amide bonds. The summed E-state index contributed by atoms with van der Waals surface area (Å²) in [6.45, 7) is 5.29. The van der Waals surface area contributed by atoms with Gasteiger partial charge in [-0.25, -0.2) is 0 Å². The largest absolute Gasteiger partial charge is 0.756 e. The van der Waals surface area contributed by atoms with Gasteiger partial charge in [0.05, 0.1) is 34.4 Å². The highest BCUT2D eigenvalue weighted by atomic mass is 31.2. The minimum absolute atomic E-state index is 0.0215. The second-order valence-electron chi connectivity index (χ2n) is 13.9. The number of carbonyl (C=O) groups is 1. The number of nitrogens with zero attached hydrogens (tertiary/aromatic N) is 1. The van der Waals surface area contributed by atoms with E-state index in [1.807, 2.05) is 21.1 Å². The molecule has 0 fully saturated rings. The highest BCUT2D eigenvalue weighted by Crippen LogP contribution is 2.38. The minimum Gasteiger partial charge on any atom is -0.756 e. The fourth-order valence-electron chi connectivity index (χ4n) is 4.84. The summed E-state index contributed by atoms with van der Waals surface area (Å²) < 4.78 is 34.4. The lowest BCUT2D eigenvalue weighted by Gasteiger charge is -2.28. The lowest BCUT2D eigenvalue weighted by molar-refractivity contribution is -0.870. The average Bonchev–Trinajstić information content (AvgIpc) is 3.03. The molecule has 0 heterocycles. The van der Waals surface area contributed by atoms with Crippen LogP contribution in [0.3, 0.4) is 0 Å². The summed E-state index contributed by atoms with van der Waals surface area (Å²) in [5.74, 6) is -0.353. The van der Waals surface area contributed by atoms with Crippen molar-refractivity contribution >= 4 is 13.8 Å². The number of hydrogen-bond donors (Lipinski definition) is 0. The maximum absolute atomic E-state index is 12.6. The van der Waals surface area contributed by atoms with Crippen molar-refractivity contribution in [3.05, 3.63) is 36.5 Å². The molecule has 0 aromatic carbocycles.